The third kappa shape index (κ3) is 2.92. The van der Waals surface area contributed by atoms with Gasteiger partial charge in [0.2, 0.25) is 0 Å². The summed E-state index contributed by atoms with van der Waals surface area (Å²) in [5, 5.41) is 0. The monoisotopic (exact) mass is 160 g/mol. The third-order valence-electron chi connectivity index (χ3n) is 1.17. The number of thiol groups is 1. The van der Waals surface area contributed by atoms with Crippen molar-refractivity contribution < 1.29 is 9.53 Å². The van der Waals surface area contributed by atoms with E-state index in [9.17, 15) is 4.79 Å². The van der Waals surface area contributed by atoms with Crippen molar-refractivity contribution in [2.45, 2.75) is 13.3 Å². The molecule has 0 saturated carbocycles. The van der Waals surface area contributed by atoms with Gasteiger partial charge in [-0.25, -0.2) is 4.79 Å². The van der Waals surface area contributed by atoms with E-state index in [1.807, 2.05) is 6.92 Å². The molecule has 0 aromatic carbocycles. The minimum atomic E-state index is -0.253. The van der Waals surface area contributed by atoms with Gasteiger partial charge in [0.05, 0.1) is 7.11 Å². The predicted octanol–water partition coefficient (Wildman–Crippen LogP) is 1.43. The highest BCUT2D eigenvalue weighted by molar-refractivity contribution is 7.80. The number of rotatable bonds is 3. The average Bonchev–Trinajstić information content (AvgIpc) is 1.99. The second kappa shape index (κ2) is 5.35. The molecular formula is C7H12O2S. The molecule has 58 valence electrons. The van der Waals surface area contributed by atoms with Gasteiger partial charge >= 0.3 is 5.97 Å². The van der Waals surface area contributed by atoms with E-state index in [2.05, 4.69) is 17.4 Å². The van der Waals surface area contributed by atoms with Crippen LogP contribution in [0.1, 0.15) is 13.3 Å². The normalized spacial score (nSPS) is 11.3. The minimum Gasteiger partial charge on any atom is -0.466 e. The first-order valence-corrected chi connectivity index (χ1v) is 3.77. The second-order valence-corrected chi connectivity index (χ2v) is 2.12. The maximum Gasteiger partial charge on any atom is 0.333 e. The summed E-state index contributed by atoms with van der Waals surface area (Å²) in [6, 6.07) is 0. The Hall–Kier alpha value is -0.440. The van der Waals surface area contributed by atoms with Gasteiger partial charge in [-0.05, 0) is 6.42 Å². The molecule has 0 N–H and O–H groups in total. The van der Waals surface area contributed by atoms with E-state index in [1.54, 1.807) is 6.08 Å². The molecule has 0 spiro atoms. The van der Waals surface area contributed by atoms with Crippen molar-refractivity contribution in [1.29, 1.82) is 0 Å². The first-order valence-electron chi connectivity index (χ1n) is 3.14. The Morgan fingerprint density at radius 3 is 2.60 bits per heavy atom. The first kappa shape index (κ1) is 9.56. The highest BCUT2D eigenvalue weighted by Gasteiger charge is 2.04. The van der Waals surface area contributed by atoms with Crippen LogP contribution in [0.4, 0.5) is 0 Å². The molecule has 0 radical (unpaired) electrons. The predicted molar refractivity (Wildman–Crippen MR) is 44.2 cm³/mol. The summed E-state index contributed by atoms with van der Waals surface area (Å²) in [6.45, 7) is 1.91. The molecule has 10 heavy (non-hydrogen) atoms. The molecule has 0 aliphatic heterocycles. The van der Waals surface area contributed by atoms with Crippen molar-refractivity contribution in [3.05, 3.63) is 11.6 Å². The van der Waals surface area contributed by atoms with Crippen LogP contribution in [-0.4, -0.2) is 18.8 Å². The fourth-order valence-corrected chi connectivity index (χ4v) is 0.834. The van der Waals surface area contributed by atoms with Crippen LogP contribution in [0.25, 0.3) is 0 Å². The molecule has 0 atom stereocenters. The van der Waals surface area contributed by atoms with Gasteiger partial charge in [-0.2, -0.15) is 12.6 Å². The van der Waals surface area contributed by atoms with Gasteiger partial charge in [0.25, 0.3) is 0 Å². The van der Waals surface area contributed by atoms with Crippen molar-refractivity contribution >= 4 is 18.6 Å². The van der Waals surface area contributed by atoms with E-state index in [4.69, 9.17) is 0 Å². The molecule has 0 saturated heterocycles. The van der Waals surface area contributed by atoms with Gasteiger partial charge in [-0.3, -0.25) is 0 Å². The molecule has 0 aliphatic carbocycles. The fourth-order valence-electron chi connectivity index (χ4n) is 0.613. The maximum atomic E-state index is 10.8. The molecule has 2 nitrogen and oxygen atoms in total. The molecular weight excluding hydrogens is 148 g/mol. The molecule has 0 aliphatic rings. The number of hydrogen-bond acceptors (Lipinski definition) is 3. The highest BCUT2D eigenvalue weighted by Crippen LogP contribution is 2.02. The number of methoxy groups -OCH3 is 1. The molecule has 0 bridgehead atoms. The summed E-state index contributed by atoms with van der Waals surface area (Å²) in [7, 11) is 1.38. The van der Waals surface area contributed by atoms with Gasteiger partial charge in [0.1, 0.15) is 0 Å². The quantitative estimate of drug-likeness (QED) is 0.384. The summed E-state index contributed by atoms with van der Waals surface area (Å²) in [5.74, 6) is 0.328. The lowest BCUT2D eigenvalue weighted by Crippen LogP contribution is -2.03. The Bertz CT molecular complexity index is 141. The number of carbonyl (C=O) groups is 1. The maximum absolute atomic E-state index is 10.8. The molecule has 0 unspecified atom stereocenters. The van der Waals surface area contributed by atoms with Crippen LogP contribution < -0.4 is 0 Å². The van der Waals surface area contributed by atoms with Crippen molar-refractivity contribution in [2.75, 3.05) is 12.9 Å². The molecule has 0 aromatic heterocycles. The van der Waals surface area contributed by atoms with Crippen molar-refractivity contribution in [3.8, 4) is 0 Å². The molecule has 0 heterocycles. The third-order valence-corrected chi connectivity index (χ3v) is 1.35. The van der Waals surface area contributed by atoms with Crippen LogP contribution in [0.2, 0.25) is 0 Å². The summed E-state index contributed by atoms with van der Waals surface area (Å²) in [4.78, 5) is 10.8. The SMILES string of the molecule is CCC(=CCS)C(=O)OC. The Kier molecular flexibility index (Phi) is 5.12. The fraction of sp³-hybridized carbons (Fsp3) is 0.571. The summed E-state index contributed by atoms with van der Waals surface area (Å²) in [5.41, 5.74) is 0.692. The molecule has 0 amide bonds. The van der Waals surface area contributed by atoms with Crippen LogP contribution >= 0.6 is 12.6 Å². The van der Waals surface area contributed by atoms with Crippen LogP contribution in [-0.2, 0) is 9.53 Å². The number of hydrogen-bond donors (Lipinski definition) is 1. The zero-order chi connectivity index (χ0) is 7.98. The highest BCUT2D eigenvalue weighted by atomic mass is 32.1. The first-order chi connectivity index (χ1) is 4.76. The van der Waals surface area contributed by atoms with Crippen LogP contribution in [0.5, 0.6) is 0 Å². The zero-order valence-electron chi connectivity index (χ0n) is 6.26. The lowest BCUT2D eigenvalue weighted by molar-refractivity contribution is -0.136. The van der Waals surface area contributed by atoms with Crippen molar-refractivity contribution in [3.63, 3.8) is 0 Å². The van der Waals surface area contributed by atoms with Gasteiger partial charge in [0.15, 0.2) is 0 Å². The molecule has 0 rings (SSSR count). The van der Waals surface area contributed by atoms with Gasteiger partial charge in [0, 0.05) is 11.3 Å². The van der Waals surface area contributed by atoms with E-state index in [0.29, 0.717) is 17.7 Å². The minimum absolute atomic E-state index is 0.253. The average molecular weight is 160 g/mol. The largest absolute Gasteiger partial charge is 0.466 e. The lowest BCUT2D eigenvalue weighted by Gasteiger charge is -1.99. The number of ether oxygens (including phenoxy) is 1. The van der Waals surface area contributed by atoms with Gasteiger partial charge in [-0.15, -0.1) is 0 Å². The Morgan fingerprint density at radius 2 is 2.30 bits per heavy atom. The second-order valence-electron chi connectivity index (χ2n) is 1.76. The van der Waals surface area contributed by atoms with Crippen LogP contribution in [0.15, 0.2) is 11.6 Å². The lowest BCUT2D eigenvalue weighted by atomic mass is 10.2. The van der Waals surface area contributed by atoms with E-state index in [-0.39, 0.29) is 5.97 Å². The summed E-state index contributed by atoms with van der Waals surface area (Å²) < 4.78 is 4.51. The molecule has 0 fully saturated rings. The topological polar surface area (TPSA) is 26.3 Å². The van der Waals surface area contributed by atoms with Crippen LogP contribution in [0, 0.1) is 0 Å². The summed E-state index contributed by atoms with van der Waals surface area (Å²) in [6.07, 6.45) is 2.46. The molecule has 3 heteroatoms. The van der Waals surface area contributed by atoms with Gasteiger partial charge < -0.3 is 4.74 Å². The van der Waals surface area contributed by atoms with Crippen LogP contribution in [0.3, 0.4) is 0 Å². The van der Waals surface area contributed by atoms with Gasteiger partial charge in [-0.1, -0.05) is 13.0 Å². The standard InChI is InChI=1S/C7H12O2S/c1-3-6(4-5-10)7(8)9-2/h4,10H,3,5H2,1-2H3. The summed E-state index contributed by atoms with van der Waals surface area (Å²) >= 11 is 3.96. The van der Waals surface area contributed by atoms with E-state index in [0.717, 1.165) is 0 Å². The smallest absolute Gasteiger partial charge is 0.333 e. The van der Waals surface area contributed by atoms with Crippen molar-refractivity contribution in [2.24, 2.45) is 0 Å². The van der Waals surface area contributed by atoms with Crippen molar-refractivity contribution in [1.82, 2.24) is 0 Å². The Morgan fingerprint density at radius 1 is 1.70 bits per heavy atom. The van der Waals surface area contributed by atoms with E-state index < -0.39 is 0 Å². The Balaban J connectivity index is 4.06. The number of esters is 1. The molecule has 0 aromatic rings. The van der Waals surface area contributed by atoms with E-state index in [1.165, 1.54) is 7.11 Å². The zero-order valence-corrected chi connectivity index (χ0v) is 7.15. The Labute approximate surface area is 66.7 Å². The number of carbonyl (C=O) groups excluding carboxylic acids is 1. The van der Waals surface area contributed by atoms with E-state index >= 15 is 0 Å².